The summed E-state index contributed by atoms with van der Waals surface area (Å²) in [5, 5.41) is 5.02. The molecule has 11 heteroatoms. The van der Waals surface area contributed by atoms with E-state index in [0.717, 1.165) is 13.2 Å². The predicted molar refractivity (Wildman–Crippen MR) is 75.4 cm³/mol. The van der Waals surface area contributed by atoms with E-state index in [2.05, 4.69) is 4.74 Å². The summed E-state index contributed by atoms with van der Waals surface area (Å²) in [6.45, 7) is 3.17. The van der Waals surface area contributed by atoms with Crippen LogP contribution in [0.5, 0.6) is 0 Å². The van der Waals surface area contributed by atoms with Gasteiger partial charge < -0.3 is 4.74 Å². The van der Waals surface area contributed by atoms with Gasteiger partial charge in [0, 0.05) is 0 Å². The van der Waals surface area contributed by atoms with Crippen LogP contribution in [0.25, 0.3) is 0 Å². The number of sulfonamides is 1. The molecule has 0 radical (unpaired) electrons. The number of benzene rings is 1. The highest BCUT2D eigenvalue weighted by molar-refractivity contribution is 7.91. The average molecular weight is 337 g/mol. The number of ether oxygens (including phenoxy) is 1. The van der Waals surface area contributed by atoms with Gasteiger partial charge in [0.2, 0.25) is 10.0 Å². The van der Waals surface area contributed by atoms with E-state index >= 15 is 0 Å². The molecule has 4 N–H and O–H groups in total. The summed E-state index contributed by atoms with van der Waals surface area (Å²) < 4.78 is 53.9. The Hall–Kier alpha value is -1.85. The van der Waals surface area contributed by atoms with E-state index in [-0.39, 0.29) is 10.6 Å². The molecule has 0 saturated heterocycles. The van der Waals surface area contributed by atoms with Gasteiger partial charge in [-0.1, -0.05) is 0 Å². The molecule has 0 aromatic heterocycles. The zero-order valence-corrected chi connectivity index (χ0v) is 13.1. The van der Waals surface area contributed by atoms with Gasteiger partial charge in [0.25, 0.3) is 0 Å². The lowest BCUT2D eigenvalue weighted by Gasteiger charge is -2.14. The largest absolute Gasteiger partial charge is 0.452 e. The lowest BCUT2D eigenvalue weighted by Crippen LogP contribution is -2.35. The van der Waals surface area contributed by atoms with Gasteiger partial charge in [-0.3, -0.25) is 4.72 Å². The van der Waals surface area contributed by atoms with Crippen molar-refractivity contribution in [3.8, 4) is 0 Å². The van der Waals surface area contributed by atoms with Gasteiger partial charge in [-0.2, -0.15) is 8.42 Å². The monoisotopic (exact) mass is 337 g/mol. The number of primary sulfonamides is 1. The zero-order chi connectivity index (χ0) is 16.4. The van der Waals surface area contributed by atoms with Crippen LogP contribution in [0.15, 0.2) is 17.0 Å². The summed E-state index contributed by atoms with van der Waals surface area (Å²) in [5.74, 6) is 0. The van der Waals surface area contributed by atoms with Crippen molar-refractivity contribution in [3.05, 3.63) is 23.3 Å². The second-order valence-corrected chi connectivity index (χ2v) is 7.13. The fourth-order valence-corrected chi connectivity index (χ4v) is 2.90. The van der Waals surface area contributed by atoms with Gasteiger partial charge in [0.1, 0.15) is 0 Å². The fraction of sp³-hybridized carbons (Fsp3) is 0.300. The van der Waals surface area contributed by atoms with E-state index in [0.29, 0.717) is 11.1 Å². The molecule has 1 amide bonds. The van der Waals surface area contributed by atoms with Crippen LogP contribution >= 0.6 is 0 Å². The molecular formula is C10H15N3O6S2. The van der Waals surface area contributed by atoms with Gasteiger partial charge in [-0.25, -0.2) is 23.1 Å². The molecule has 0 saturated carbocycles. The molecule has 0 aliphatic carbocycles. The standard InChI is InChI=1S/C10H15N3O6S2/c1-6-4-8(20(11,15)16)5-9(7(6)2)12-21(17,18)13-10(14)19-3/h4-5,12H,1-3H3,(H,13,14)(H2,11,15,16). The third kappa shape index (κ3) is 4.58. The first-order valence-corrected chi connectivity index (χ1v) is 8.52. The van der Waals surface area contributed by atoms with Crippen LogP contribution in [0.3, 0.4) is 0 Å². The van der Waals surface area contributed by atoms with Gasteiger partial charge in [0.15, 0.2) is 0 Å². The molecule has 1 aromatic rings. The summed E-state index contributed by atoms with van der Waals surface area (Å²) in [7, 11) is -7.25. The normalized spacial score (nSPS) is 11.8. The van der Waals surface area contributed by atoms with Crippen molar-refractivity contribution in [2.75, 3.05) is 11.8 Å². The fourth-order valence-electron chi connectivity index (χ4n) is 1.42. The zero-order valence-electron chi connectivity index (χ0n) is 11.5. The van der Waals surface area contributed by atoms with Crippen molar-refractivity contribution >= 4 is 32.0 Å². The first-order chi connectivity index (χ1) is 9.46. The van der Waals surface area contributed by atoms with Crippen molar-refractivity contribution in [1.82, 2.24) is 4.72 Å². The molecule has 1 aromatic carbocycles. The molecule has 0 fully saturated rings. The summed E-state index contributed by atoms with van der Waals surface area (Å²) in [4.78, 5) is 10.7. The Kier molecular flexibility index (Phi) is 4.81. The number of hydrogen-bond acceptors (Lipinski definition) is 6. The molecule has 118 valence electrons. The second kappa shape index (κ2) is 5.87. The molecule has 0 atom stereocenters. The lowest BCUT2D eigenvalue weighted by molar-refractivity contribution is 0.177. The molecular weight excluding hydrogens is 322 g/mol. The summed E-state index contributed by atoms with van der Waals surface area (Å²) in [6.07, 6.45) is -1.18. The number of rotatable bonds is 4. The number of aryl methyl sites for hydroxylation is 1. The average Bonchev–Trinajstić information content (AvgIpc) is 2.32. The van der Waals surface area contributed by atoms with Crippen LogP contribution < -0.4 is 14.6 Å². The van der Waals surface area contributed by atoms with Crippen LogP contribution in [0.4, 0.5) is 10.5 Å². The minimum Gasteiger partial charge on any atom is -0.452 e. The summed E-state index contributed by atoms with van der Waals surface area (Å²) >= 11 is 0. The van der Waals surface area contributed by atoms with Gasteiger partial charge >= 0.3 is 16.3 Å². The number of nitrogens with two attached hydrogens (primary N) is 1. The van der Waals surface area contributed by atoms with Crippen molar-refractivity contribution in [2.45, 2.75) is 18.7 Å². The van der Waals surface area contributed by atoms with E-state index in [1.165, 1.54) is 6.07 Å². The van der Waals surface area contributed by atoms with Gasteiger partial charge in [-0.15, -0.1) is 0 Å². The number of methoxy groups -OCH3 is 1. The molecule has 9 nitrogen and oxygen atoms in total. The first-order valence-electron chi connectivity index (χ1n) is 5.49. The van der Waals surface area contributed by atoms with E-state index in [1.54, 1.807) is 18.6 Å². The Morgan fingerprint density at radius 1 is 1.19 bits per heavy atom. The third-order valence-corrected chi connectivity index (χ3v) is 4.43. The Morgan fingerprint density at radius 2 is 1.76 bits per heavy atom. The van der Waals surface area contributed by atoms with Crippen molar-refractivity contribution < 1.29 is 26.4 Å². The van der Waals surface area contributed by atoms with E-state index in [4.69, 9.17) is 5.14 Å². The van der Waals surface area contributed by atoms with E-state index in [9.17, 15) is 21.6 Å². The van der Waals surface area contributed by atoms with Crippen LogP contribution in [0, 0.1) is 13.8 Å². The Morgan fingerprint density at radius 3 is 2.24 bits per heavy atom. The smallest absolute Gasteiger partial charge is 0.422 e. The highest BCUT2D eigenvalue weighted by Crippen LogP contribution is 2.24. The molecule has 0 unspecified atom stereocenters. The minimum absolute atomic E-state index is 0.0181. The summed E-state index contributed by atoms with van der Waals surface area (Å²) in [6, 6.07) is 2.38. The number of hydrogen-bond donors (Lipinski definition) is 3. The maximum atomic E-state index is 11.7. The Labute approximate surface area is 122 Å². The van der Waals surface area contributed by atoms with E-state index < -0.39 is 26.3 Å². The number of nitrogens with one attached hydrogen (secondary N) is 2. The van der Waals surface area contributed by atoms with Crippen LogP contribution in [-0.4, -0.2) is 30.0 Å². The van der Waals surface area contributed by atoms with Crippen molar-refractivity contribution in [3.63, 3.8) is 0 Å². The summed E-state index contributed by atoms with van der Waals surface area (Å²) in [5.41, 5.74) is 0.977. The molecule has 21 heavy (non-hydrogen) atoms. The van der Waals surface area contributed by atoms with Crippen LogP contribution in [-0.2, 0) is 25.0 Å². The van der Waals surface area contributed by atoms with Crippen molar-refractivity contribution in [2.24, 2.45) is 5.14 Å². The predicted octanol–water partition coefficient (Wildman–Crippen LogP) is -0.0365. The van der Waals surface area contributed by atoms with E-state index in [1.807, 2.05) is 4.72 Å². The molecule has 0 aliphatic heterocycles. The SMILES string of the molecule is COC(=O)NS(=O)(=O)Nc1cc(S(N)(=O)=O)cc(C)c1C. The second-order valence-electron chi connectivity index (χ2n) is 4.16. The maximum absolute atomic E-state index is 11.7. The van der Waals surface area contributed by atoms with Gasteiger partial charge in [0.05, 0.1) is 17.7 Å². The highest BCUT2D eigenvalue weighted by Gasteiger charge is 2.18. The quantitative estimate of drug-likeness (QED) is 0.703. The van der Waals surface area contributed by atoms with Gasteiger partial charge in [-0.05, 0) is 37.1 Å². The van der Waals surface area contributed by atoms with Crippen molar-refractivity contribution in [1.29, 1.82) is 0 Å². The molecule has 0 spiro atoms. The number of anilines is 1. The number of carbonyl (C=O) groups excluding carboxylic acids is 1. The van der Waals surface area contributed by atoms with Crippen LogP contribution in [0.2, 0.25) is 0 Å². The Bertz CT molecular complexity index is 770. The minimum atomic E-state index is -4.26. The Balaban J connectivity index is 3.26. The molecule has 0 heterocycles. The third-order valence-electron chi connectivity index (χ3n) is 2.62. The first kappa shape index (κ1) is 17.2. The maximum Gasteiger partial charge on any atom is 0.422 e. The topological polar surface area (TPSA) is 145 Å². The lowest BCUT2D eigenvalue weighted by atomic mass is 10.1. The number of amides is 1. The number of carbonyl (C=O) groups is 1. The molecule has 1 rings (SSSR count). The van der Waals surface area contributed by atoms with Crippen LogP contribution in [0.1, 0.15) is 11.1 Å². The molecule has 0 aliphatic rings. The molecule has 0 bridgehead atoms. The highest BCUT2D eigenvalue weighted by atomic mass is 32.2.